The Balaban J connectivity index is 2.59. The second-order valence-electron chi connectivity index (χ2n) is 4.19. The Morgan fingerprint density at radius 3 is 2.65 bits per heavy atom. The molecule has 4 N–H and O–H groups in total. The lowest BCUT2D eigenvalue weighted by Crippen LogP contribution is -2.48. The number of pyridine rings is 1. The minimum atomic E-state index is -1.34. The van der Waals surface area contributed by atoms with Crippen molar-refractivity contribution in [2.24, 2.45) is 5.73 Å². The summed E-state index contributed by atoms with van der Waals surface area (Å²) in [6.45, 7) is 0.218. The van der Waals surface area contributed by atoms with Crippen LogP contribution in [0.4, 0.5) is 4.79 Å². The van der Waals surface area contributed by atoms with E-state index >= 15 is 0 Å². The monoisotopic (exact) mass is 280 g/mol. The predicted molar refractivity (Wildman–Crippen MR) is 69.5 cm³/mol. The van der Waals surface area contributed by atoms with Crippen LogP contribution in [0.15, 0.2) is 24.4 Å². The molecule has 1 aromatic heterocycles. The number of urea groups is 1. The van der Waals surface area contributed by atoms with E-state index in [0.29, 0.717) is 5.69 Å². The number of aliphatic carboxylic acids is 1. The topological polar surface area (TPSA) is 126 Å². The van der Waals surface area contributed by atoms with Gasteiger partial charge in [0.15, 0.2) is 0 Å². The zero-order valence-corrected chi connectivity index (χ0v) is 10.9. The van der Waals surface area contributed by atoms with E-state index < -0.39 is 30.4 Å². The fraction of sp³-hybridized carbons (Fsp3) is 0.333. The Bertz CT molecular complexity index is 491. The molecule has 108 valence electrons. The van der Waals surface area contributed by atoms with E-state index in [9.17, 15) is 14.4 Å². The maximum atomic E-state index is 11.8. The average molecular weight is 280 g/mol. The highest BCUT2D eigenvalue weighted by Gasteiger charge is 2.23. The maximum absolute atomic E-state index is 11.8. The third-order valence-corrected chi connectivity index (χ3v) is 2.47. The number of primary amides is 1. The lowest BCUT2D eigenvalue weighted by Gasteiger charge is -2.20. The number of rotatable bonds is 6. The van der Waals surface area contributed by atoms with Gasteiger partial charge in [-0.2, -0.15) is 0 Å². The fourth-order valence-corrected chi connectivity index (χ4v) is 1.47. The number of carbonyl (C=O) groups is 3. The van der Waals surface area contributed by atoms with Crippen molar-refractivity contribution >= 4 is 17.9 Å². The van der Waals surface area contributed by atoms with E-state index in [0.717, 1.165) is 0 Å². The zero-order chi connectivity index (χ0) is 15.1. The van der Waals surface area contributed by atoms with Crippen molar-refractivity contribution < 1.29 is 19.5 Å². The second kappa shape index (κ2) is 7.07. The molecule has 0 fully saturated rings. The summed E-state index contributed by atoms with van der Waals surface area (Å²) in [5.74, 6) is -2.12. The molecule has 1 aromatic rings. The summed E-state index contributed by atoms with van der Waals surface area (Å²) in [7, 11) is 1.49. The molecular formula is C12H16N4O4. The molecule has 8 heteroatoms. The van der Waals surface area contributed by atoms with E-state index in [1.54, 1.807) is 24.4 Å². The molecule has 20 heavy (non-hydrogen) atoms. The number of hydrogen-bond acceptors (Lipinski definition) is 4. The van der Waals surface area contributed by atoms with Crippen molar-refractivity contribution in [1.82, 2.24) is 15.2 Å². The predicted octanol–water partition coefficient (Wildman–Crippen LogP) is -0.448. The molecule has 0 aliphatic rings. The van der Waals surface area contributed by atoms with Gasteiger partial charge in [-0.1, -0.05) is 6.07 Å². The molecule has 1 rings (SSSR count). The lowest BCUT2D eigenvalue weighted by molar-refractivity contribution is -0.140. The highest BCUT2D eigenvalue weighted by atomic mass is 16.4. The van der Waals surface area contributed by atoms with Gasteiger partial charge >= 0.3 is 12.0 Å². The molecule has 0 spiro atoms. The molecule has 0 bridgehead atoms. The number of carboxylic acid groups (broad SMARTS) is 1. The number of carbonyl (C=O) groups excluding carboxylic acids is 2. The van der Waals surface area contributed by atoms with Crippen LogP contribution in [0.5, 0.6) is 0 Å². The summed E-state index contributed by atoms with van der Waals surface area (Å²) in [5.41, 5.74) is 5.59. The molecule has 1 heterocycles. The van der Waals surface area contributed by atoms with Crippen LogP contribution in [0.3, 0.4) is 0 Å². The van der Waals surface area contributed by atoms with Gasteiger partial charge in [-0.05, 0) is 12.1 Å². The van der Waals surface area contributed by atoms with Crippen molar-refractivity contribution in [2.45, 2.75) is 19.0 Å². The number of hydrogen-bond donors (Lipinski definition) is 3. The number of aromatic nitrogens is 1. The molecule has 1 atom stereocenters. The molecule has 3 amide bonds. The van der Waals surface area contributed by atoms with E-state index in [1.807, 2.05) is 0 Å². The van der Waals surface area contributed by atoms with Gasteiger partial charge in [0.25, 0.3) is 0 Å². The molecule has 8 nitrogen and oxygen atoms in total. The van der Waals surface area contributed by atoms with Crippen LogP contribution < -0.4 is 11.1 Å². The molecule has 0 aromatic carbocycles. The molecule has 0 aliphatic heterocycles. The molecule has 0 radical (unpaired) electrons. The van der Waals surface area contributed by atoms with Crippen molar-refractivity contribution in [2.75, 3.05) is 7.05 Å². The van der Waals surface area contributed by atoms with Crippen LogP contribution in [0.1, 0.15) is 12.1 Å². The van der Waals surface area contributed by atoms with E-state index in [-0.39, 0.29) is 6.54 Å². The summed E-state index contributed by atoms with van der Waals surface area (Å²) >= 11 is 0. The third-order valence-electron chi connectivity index (χ3n) is 2.47. The standard InChI is InChI=1S/C12H16N4O4/c1-16(7-8-4-2-3-5-14-8)12(20)15-9(11(18)19)6-10(13)17/h2-5,9H,6-7H2,1H3,(H2,13,17)(H,15,20)(H,18,19). The Hall–Kier alpha value is -2.64. The molecule has 1 unspecified atom stereocenters. The Kier molecular flexibility index (Phi) is 5.45. The van der Waals surface area contributed by atoms with Crippen molar-refractivity contribution in [3.05, 3.63) is 30.1 Å². The minimum Gasteiger partial charge on any atom is -0.480 e. The quantitative estimate of drug-likeness (QED) is 0.650. The largest absolute Gasteiger partial charge is 0.480 e. The first kappa shape index (κ1) is 15.4. The first-order chi connectivity index (χ1) is 9.40. The zero-order valence-electron chi connectivity index (χ0n) is 10.9. The Labute approximate surface area is 115 Å². The van der Waals surface area contributed by atoms with Crippen molar-refractivity contribution in [3.63, 3.8) is 0 Å². The Morgan fingerprint density at radius 2 is 2.15 bits per heavy atom. The van der Waals surface area contributed by atoms with Gasteiger partial charge in [-0.25, -0.2) is 9.59 Å². The van der Waals surface area contributed by atoms with Crippen LogP contribution in [0.2, 0.25) is 0 Å². The average Bonchev–Trinajstić information content (AvgIpc) is 2.38. The van der Waals surface area contributed by atoms with Crippen LogP contribution in [0, 0.1) is 0 Å². The van der Waals surface area contributed by atoms with Gasteiger partial charge in [0, 0.05) is 13.2 Å². The van der Waals surface area contributed by atoms with Crippen molar-refractivity contribution in [1.29, 1.82) is 0 Å². The number of carboxylic acids is 1. The van der Waals surface area contributed by atoms with Gasteiger partial charge < -0.3 is 21.1 Å². The highest BCUT2D eigenvalue weighted by Crippen LogP contribution is 2.00. The Morgan fingerprint density at radius 1 is 1.45 bits per heavy atom. The molecule has 0 saturated heterocycles. The first-order valence-corrected chi connectivity index (χ1v) is 5.82. The molecular weight excluding hydrogens is 264 g/mol. The summed E-state index contributed by atoms with van der Waals surface area (Å²) < 4.78 is 0. The van der Waals surface area contributed by atoms with E-state index in [4.69, 9.17) is 10.8 Å². The third kappa shape index (κ3) is 4.92. The number of nitrogens with two attached hydrogens (primary N) is 1. The van der Waals surface area contributed by atoms with Crippen LogP contribution in [0.25, 0.3) is 0 Å². The molecule has 0 saturated carbocycles. The van der Waals surface area contributed by atoms with Crippen molar-refractivity contribution in [3.8, 4) is 0 Å². The maximum Gasteiger partial charge on any atom is 0.326 e. The number of amides is 3. The number of nitrogens with zero attached hydrogens (tertiary/aromatic N) is 2. The normalized spacial score (nSPS) is 11.4. The van der Waals surface area contributed by atoms with E-state index in [1.165, 1.54) is 11.9 Å². The fourth-order valence-electron chi connectivity index (χ4n) is 1.47. The van der Waals surface area contributed by atoms with E-state index in [2.05, 4.69) is 10.3 Å². The number of nitrogens with one attached hydrogen (secondary N) is 1. The van der Waals surface area contributed by atoms with Gasteiger partial charge in [0.05, 0.1) is 18.7 Å². The first-order valence-electron chi connectivity index (χ1n) is 5.82. The molecule has 0 aliphatic carbocycles. The summed E-state index contributed by atoms with van der Waals surface area (Å²) in [5, 5.41) is 11.1. The summed E-state index contributed by atoms with van der Waals surface area (Å²) in [4.78, 5) is 38.8. The summed E-state index contributed by atoms with van der Waals surface area (Å²) in [6.07, 6.45) is 1.13. The van der Waals surface area contributed by atoms with Gasteiger partial charge in [-0.15, -0.1) is 0 Å². The highest BCUT2D eigenvalue weighted by molar-refractivity contribution is 5.87. The smallest absolute Gasteiger partial charge is 0.326 e. The lowest BCUT2D eigenvalue weighted by atomic mass is 10.2. The summed E-state index contributed by atoms with van der Waals surface area (Å²) in [6, 6.07) is 3.30. The second-order valence-corrected chi connectivity index (χ2v) is 4.19. The van der Waals surface area contributed by atoms with Gasteiger partial charge in [0.2, 0.25) is 5.91 Å². The van der Waals surface area contributed by atoms with Crippen LogP contribution in [-0.2, 0) is 16.1 Å². The minimum absolute atomic E-state index is 0.218. The van der Waals surface area contributed by atoms with Gasteiger partial charge in [-0.3, -0.25) is 9.78 Å². The van der Waals surface area contributed by atoms with Crippen LogP contribution >= 0.6 is 0 Å². The van der Waals surface area contributed by atoms with Crippen LogP contribution in [-0.4, -0.2) is 46.0 Å². The SMILES string of the molecule is CN(Cc1ccccn1)C(=O)NC(CC(N)=O)C(=O)O. The van der Waals surface area contributed by atoms with Gasteiger partial charge in [0.1, 0.15) is 6.04 Å².